The van der Waals surface area contributed by atoms with Gasteiger partial charge in [-0.1, -0.05) is 46.1 Å². The molecule has 0 aliphatic rings. The number of hydrogen-bond donors (Lipinski definition) is 0. The maximum absolute atomic E-state index is 2.53. The highest BCUT2D eigenvalue weighted by Crippen LogP contribution is 2.26. The molecule has 20 heavy (non-hydrogen) atoms. The number of halogens is 1. The SMILES string of the molecule is CCCCc1ccc(I)c(CCCC)c1CCCC.P. The Hall–Kier alpha value is 0.380. The van der Waals surface area contributed by atoms with E-state index in [-0.39, 0.29) is 9.90 Å². The minimum Gasteiger partial charge on any atom is -0.153 e. The molecule has 2 heteroatoms. The van der Waals surface area contributed by atoms with E-state index in [1.807, 2.05) is 0 Å². The molecule has 0 radical (unpaired) electrons. The topological polar surface area (TPSA) is 0 Å². The molecule has 1 aromatic rings. The fourth-order valence-electron chi connectivity index (χ4n) is 2.60. The number of rotatable bonds is 9. The van der Waals surface area contributed by atoms with Gasteiger partial charge in [-0.15, -0.1) is 0 Å². The van der Waals surface area contributed by atoms with Gasteiger partial charge in [0, 0.05) is 3.57 Å². The smallest absolute Gasteiger partial charge is 0.0165 e. The number of aryl methyl sites for hydroxylation is 1. The van der Waals surface area contributed by atoms with Gasteiger partial charge in [0.25, 0.3) is 0 Å². The molecule has 0 heterocycles. The number of hydrogen-bond acceptors (Lipinski definition) is 0. The van der Waals surface area contributed by atoms with Gasteiger partial charge in [0.05, 0.1) is 0 Å². The molecule has 0 amide bonds. The van der Waals surface area contributed by atoms with Crippen molar-refractivity contribution in [3.8, 4) is 0 Å². The van der Waals surface area contributed by atoms with Crippen LogP contribution >= 0.6 is 32.5 Å². The van der Waals surface area contributed by atoms with Gasteiger partial charge in [0.15, 0.2) is 0 Å². The van der Waals surface area contributed by atoms with Crippen LogP contribution in [0.2, 0.25) is 0 Å². The summed E-state index contributed by atoms with van der Waals surface area (Å²) in [4.78, 5) is 0. The molecule has 0 N–H and O–H groups in total. The first-order chi connectivity index (χ1) is 9.24. The van der Waals surface area contributed by atoms with Crippen molar-refractivity contribution in [2.24, 2.45) is 0 Å². The fourth-order valence-corrected chi connectivity index (χ4v) is 3.38. The van der Waals surface area contributed by atoms with Gasteiger partial charge in [-0.3, -0.25) is 0 Å². The van der Waals surface area contributed by atoms with E-state index in [1.165, 1.54) is 61.4 Å². The van der Waals surface area contributed by atoms with Crippen LogP contribution in [-0.2, 0) is 19.3 Å². The average Bonchev–Trinajstić information content (AvgIpc) is 2.42. The van der Waals surface area contributed by atoms with E-state index in [1.54, 1.807) is 16.7 Å². The van der Waals surface area contributed by atoms with Gasteiger partial charge in [0.2, 0.25) is 0 Å². The molecule has 0 aliphatic heterocycles. The summed E-state index contributed by atoms with van der Waals surface area (Å²) >= 11 is 2.53. The molecule has 1 unspecified atom stereocenters. The second-order valence-corrected chi connectivity index (χ2v) is 6.64. The van der Waals surface area contributed by atoms with Gasteiger partial charge >= 0.3 is 0 Å². The zero-order chi connectivity index (χ0) is 14.1. The van der Waals surface area contributed by atoms with Crippen LogP contribution < -0.4 is 0 Å². The number of benzene rings is 1. The van der Waals surface area contributed by atoms with Crippen LogP contribution in [0, 0.1) is 3.57 Å². The van der Waals surface area contributed by atoms with E-state index in [4.69, 9.17) is 0 Å². The van der Waals surface area contributed by atoms with Gasteiger partial charge in [0.1, 0.15) is 0 Å². The third-order valence-electron chi connectivity index (χ3n) is 3.83. The van der Waals surface area contributed by atoms with Crippen LogP contribution in [0.4, 0.5) is 0 Å². The van der Waals surface area contributed by atoms with Gasteiger partial charge in [-0.2, -0.15) is 9.90 Å². The molecule has 1 aromatic carbocycles. The Kier molecular flexibility index (Phi) is 12.2. The van der Waals surface area contributed by atoms with Crippen molar-refractivity contribution in [3.05, 3.63) is 32.4 Å². The molecular formula is C18H32IP. The molecular weight excluding hydrogens is 374 g/mol. The lowest BCUT2D eigenvalue weighted by Crippen LogP contribution is -2.04. The Morgan fingerprint density at radius 2 is 1.25 bits per heavy atom. The van der Waals surface area contributed by atoms with Crippen LogP contribution in [0.15, 0.2) is 12.1 Å². The van der Waals surface area contributed by atoms with Crippen LogP contribution in [0.3, 0.4) is 0 Å². The third kappa shape index (κ3) is 6.43. The van der Waals surface area contributed by atoms with Crippen molar-refractivity contribution >= 4 is 32.5 Å². The molecule has 0 spiro atoms. The monoisotopic (exact) mass is 406 g/mol. The van der Waals surface area contributed by atoms with Crippen molar-refractivity contribution in [1.82, 2.24) is 0 Å². The van der Waals surface area contributed by atoms with E-state index >= 15 is 0 Å². The van der Waals surface area contributed by atoms with Crippen molar-refractivity contribution < 1.29 is 0 Å². The minimum atomic E-state index is 0. The van der Waals surface area contributed by atoms with Crippen molar-refractivity contribution in [2.45, 2.75) is 78.6 Å². The molecule has 0 saturated carbocycles. The molecule has 1 atom stereocenters. The van der Waals surface area contributed by atoms with Crippen LogP contribution in [0.5, 0.6) is 0 Å². The molecule has 0 saturated heterocycles. The van der Waals surface area contributed by atoms with E-state index in [9.17, 15) is 0 Å². The molecule has 0 bridgehead atoms. The second-order valence-electron chi connectivity index (χ2n) is 5.47. The largest absolute Gasteiger partial charge is 0.153 e. The van der Waals surface area contributed by atoms with E-state index in [0.29, 0.717) is 0 Å². The summed E-state index contributed by atoms with van der Waals surface area (Å²) in [7, 11) is 0. The maximum atomic E-state index is 2.53. The highest BCUT2D eigenvalue weighted by molar-refractivity contribution is 14.1. The van der Waals surface area contributed by atoms with Gasteiger partial charge in [-0.05, 0) is 83.9 Å². The Balaban J connectivity index is 0.00000361. The van der Waals surface area contributed by atoms with Gasteiger partial charge in [-0.25, -0.2) is 0 Å². The second kappa shape index (κ2) is 12.0. The number of unbranched alkanes of at least 4 members (excludes halogenated alkanes) is 3. The molecule has 0 nitrogen and oxygen atoms in total. The van der Waals surface area contributed by atoms with E-state index in [0.717, 1.165) is 0 Å². The fraction of sp³-hybridized carbons (Fsp3) is 0.667. The first kappa shape index (κ1) is 20.4. The first-order valence-corrected chi connectivity index (χ1v) is 9.11. The summed E-state index contributed by atoms with van der Waals surface area (Å²) in [5, 5.41) is 0. The maximum Gasteiger partial charge on any atom is 0.0165 e. The summed E-state index contributed by atoms with van der Waals surface area (Å²) in [6, 6.07) is 4.73. The Morgan fingerprint density at radius 3 is 1.80 bits per heavy atom. The van der Waals surface area contributed by atoms with Crippen LogP contribution in [0.1, 0.15) is 76.0 Å². The quantitative estimate of drug-likeness (QED) is 0.330. The molecule has 116 valence electrons. The lowest BCUT2D eigenvalue weighted by Gasteiger charge is -2.17. The zero-order valence-electron chi connectivity index (χ0n) is 13.6. The Morgan fingerprint density at radius 1 is 0.750 bits per heavy atom. The van der Waals surface area contributed by atoms with Crippen molar-refractivity contribution in [1.29, 1.82) is 0 Å². The average molecular weight is 406 g/mol. The van der Waals surface area contributed by atoms with Crippen molar-refractivity contribution in [3.63, 3.8) is 0 Å². The van der Waals surface area contributed by atoms with Crippen LogP contribution in [0.25, 0.3) is 0 Å². The minimum absolute atomic E-state index is 0. The molecule has 0 aromatic heterocycles. The zero-order valence-corrected chi connectivity index (χ0v) is 17.2. The summed E-state index contributed by atoms with van der Waals surface area (Å²) in [5.74, 6) is 0. The lowest BCUT2D eigenvalue weighted by atomic mass is 9.91. The standard InChI is InChI=1S/C18H29I.H3P/c1-4-7-10-15-13-14-18(19)17(12-9-6-3)16(15)11-8-5-2;/h13-14H,4-12H2,1-3H3;1H3. The summed E-state index contributed by atoms with van der Waals surface area (Å²) in [6.07, 6.45) is 11.7. The Bertz CT molecular complexity index is 374. The highest BCUT2D eigenvalue weighted by Gasteiger charge is 2.11. The summed E-state index contributed by atoms with van der Waals surface area (Å²) < 4.78 is 1.48. The first-order valence-electron chi connectivity index (χ1n) is 8.03. The van der Waals surface area contributed by atoms with E-state index < -0.39 is 0 Å². The summed E-state index contributed by atoms with van der Waals surface area (Å²) in [6.45, 7) is 6.88. The normalized spacial score (nSPS) is 10.4. The predicted octanol–water partition coefficient (Wildman–Crippen LogP) is 6.38. The Labute approximate surface area is 143 Å². The molecule has 1 rings (SSSR count). The molecule has 0 fully saturated rings. The van der Waals surface area contributed by atoms with Crippen LogP contribution in [-0.4, -0.2) is 0 Å². The highest BCUT2D eigenvalue weighted by atomic mass is 127. The molecule has 0 aliphatic carbocycles. The van der Waals surface area contributed by atoms with E-state index in [2.05, 4.69) is 55.5 Å². The summed E-state index contributed by atoms with van der Waals surface area (Å²) in [5.41, 5.74) is 4.97. The lowest BCUT2D eigenvalue weighted by molar-refractivity contribution is 0.733. The predicted molar refractivity (Wildman–Crippen MR) is 106 cm³/mol. The third-order valence-corrected chi connectivity index (χ3v) is 4.84. The van der Waals surface area contributed by atoms with Crippen molar-refractivity contribution in [2.75, 3.05) is 0 Å². The van der Waals surface area contributed by atoms with Gasteiger partial charge < -0.3 is 0 Å².